The zero-order valence-electron chi connectivity index (χ0n) is 18.5. The fourth-order valence-corrected chi connectivity index (χ4v) is 4.58. The maximum Gasteiger partial charge on any atom is 0.257 e. The second kappa shape index (κ2) is 11.4. The van der Waals surface area contributed by atoms with Crippen molar-refractivity contribution in [2.45, 2.75) is 0 Å². The molecule has 0 aliphatic carbocycles. The molecule has 7 nitrogen and oxygen atoms in total. The summed E-state index contributed by atoms with van der Waals surface area (Å²) in [5.41, 5.74) is 3.69. The molecule has 9 heteroatoms. The van der Waals surface area contributed by atoms with Crippen molar-refractivity contribution in [3.8, 4) is 11.4 Å². The number of benzene rings is 2. The lowest BCUT2D eigenvalue weighted by molar-refractivity contribution is -0.116. The highest BCUT2D eigenvalue weighted by atomic mass is 32.2. The number of fused-ring (bicyclic) bond motifs is 1. The molecule has 0 spiro atoms. The smallest absolute Gasteiger partial charge is 0.257 e. The summed E-state index contributed by atoms with van der Waals surface area (Å²) < 4.78 is 9.55. The van der Waals surface area contributed by atoms with Crippen molar-refractivity contribution < 1.29 is 9.53 Å². The van der Waals surface area contributed by atoms with Crippen molar-refractivity contribution >= 4 is 51.7 Å². The fraction of sp³-hybridized carbons (Fsp3) is 0.292. The Morgan fingerprint density at radius 2 is 2.12 bits per heavy atom. The molecule has 0 atom stereocenters. The molecule has 1 amide bonds. The molecule has 3 aromatic rings. The van der Waals surface area contributed by atoms with Crippen molar-refractivity contribution in [3.05, 3.63) is 59.3 Å². The number of carbonyl (C=O) groups excluding carboxylic acids is 1. The highest BCUT2D eigenvalue weighted by molar-refractivity contribution is 8.24. The lowest BCUT2D eigenvalue weighted by Gasteiger charge is -2.26. The minimum atomic E-state index is -0.166. The lowest BCUT2D eigenvalue weighted by atomic mass is 10.1. The minimum Gasteiger partial charge on any atom is -0.492 e. The monoisotopic (exact) mass is 481 g/mol. The van der Waals surface area contributed by atoms with Gasteiger partial charge in [-0.25, -0.2) is 4.98 Å². The largest absolute Gasteiger partial charge is 0.492 e. The third-order valence-corrected chi connectivity index (χ3v) is 6.42. The van der Waals surface area contributed by atoms with Crippen molar-refractivity contribution in [3.63, 3.8) is 0 Å². The number of thiocarbonyl (C=S) groups is 1. The van der Waals surface area contributed by atoms with Crippen LogP contribution in [0.4, 0.5) is 0 Å². The van der Waals surface area contributed by atoms with Gasteiger partial charge in [-0.15, -0.1) is 0 Å². The summed E-state index contributed by atoms with van der Waals surface area (Å²) in [4.78, 5) is 19.6. The van der Waals surface area contributed by atoms with Crippen molar-refractivity contribution in [2.24, 2.45) is 0 Å². The van der Waals surface area contributed by atoms with Gasteiger partial charge in [0.1, 0.15) is 18.7 Å². The molecule has 0 unspecified atom stereocenters. The Bertz CT molecular complexity index is 1150. The topological polar surface area (TPSA) is 71.4 Å². The van der Waals surface area contributed by atoms with E-state index in [0.29, 0.717) is 11.5 Å². The summed E-state index contributed by atoms with van der Waals surface area (Å²) >= 11 is 6.15. The lowest BCUT2D eigenvalue weighted by Crippen LogP contribution is -2.44. The van der Waals surface area contributed by atoms with Gasteiger partial charge in [0.25, 0.3) is 5.91 Å². The van der Waals surface area contributed by atoms with E-state index in [1.165, 1.54) is 16.5 Å². The van der Waals surface area contributed by atoms with E-state index in [2.05, 4.69) is 20.5 Å². The number of imidazole rings is 1. The number of carbonyl (C=O) groups is 1. The van der Waals surface area contributed by atoms with Crippen molar-refractivity contribution in [2.75, 3.05) is 46.4 Å². The molecule has 2 aromatic carbocycles. The highest BCUT2D eigenvalue weighted by Crippen LogP contribution is 2.25. The Labute approximate surface area is 203 Å². The quantitative estimate of drug-likeness (QED) is 0.360. The third kappa shape index (κ3) is 6.00. The molecule has 1 saturated heterocycles. The number of thioether (sulfide) groups is 1. The zero-order valence-corrected chi connectivity index (χ0v) is 20.1. The van der Waals surface area contributed by atoms with Crippen LogP contribution in [0.15, 0.2) is 53.7 Å². The van der Waals surface area contributed by atoms with Gasteiger partial charge in [-0.05, 0) is 35.9 Å². The van der Waals surface area contributed by atoms with Gasteiger partial charge in [-0.1, -0.05) is 36.1 Å². The molecular weight excluding hydrogens is 454 g/mol. The van der Waals surface area contributed by atoms with Gasteiger partial charge in [-0.3, -0.25) is 14.3 Å². The van der Waals surface area contributed by atoms with Crippen LogP contribution in [0.2, 0.25) is 0 Å². The van der Waals surface area contributed by atoms with E-state index in [-0.39, 0.29) is 5.91 Å². The second-order valence-corrected chi connectivity index (χ2v) is 9.05. The number of nitrogens with one attached hydrogen (secondary N) is 2. The number of amides is 1. The summed E-state index contributed by atoms with van der Waals surface area (Å²) in [6, 6.07) is 14.0. The van der Waals surface area contributed by atoms with E-state index < -0.39 is 0 Å². The van der Waals surface area contributed by atoms with Gasteiger partial charge in [0, 0.05) is 50.5 Å². The first-order chi connectivity index (χ1) is 16.2. The molecule has 33 heavy (non-hydrogen) atoms. The number of ether oxygens (including phenoxy) is 1. The van der Waals surface area contributed by atoms with Crippen LogP contribution < -0.4 is 15.4 Å². The van der Waals surface area contributed by atoms with Gasteiger partial charge >= 0.3 is 0 Å². The van der Waals surface area contributed by atoms with Gasteiger partial charge in [0.15, 0.2) is 0 Å². The van der Waals surface area contributed by atoms with Crippen LogP contribution in [0, 0.1) is 0 Å². The first-order valence-corrected chi connectivity index (χ1v) is 12.2. The summed E-state index contributed by atoms with van der Waals surface area (Å²) in [5, 5.41) is 6.02. The molecule has 2 heterocycles. The SMILES string of the molecule is CNC(=O)/C(=C/c1ccc2ncn(-c3cccc(OCCN4CCNCC4)c3)c2c1)SC=S. The van der Waals surface area contributed by atoms with Crippen LogP contribution in [0.25, 0.3) is 22.8 Å². The molecule has 0 bridgehead atoms. The molecule has 1 aromatic heterocycles. The average molecular weight is 482 g/mol. The normalized spacial score (nSPS) is 14.9. The van der Waals surface area contributed by atoms with Crippen LogP contribution in [0.5, 0.6) is 5.75 Å². The number of hydrogen-bond acceptors (Lipinski definition) is 7. The maximum absolute atomic E-state index is 12.1. The first kappa shape index (κ1) is 23.4. The van der Waals surface area contributed by atoms with E-state index in [0.717, 1.165) is 60.8 Å². The first-order valence-electron chi connectivity index (χ1n) is 10.9. The Kier molecular flexibility index (Phi) is 8.11. The molecule has 4 rings (SSSR count). The van der Waals surface area contributed by atoms with Crippen LogP contribution in [-0.2, 0) is 4.79 Å². The maximum atomic E-state index is 12.1. The second-order valence-electron chi connectivity index (χ2n) is 7.60. The number of piperazine rings is 1. The standard InChI is InChI=1S/C24H27N5O2S2/c1-25-24(30)23(33-17-32)14-18-5-6-21-22(13-18)29(16-27-21)19-3-2-4-20(15-19)31-12-11-28-9-7-26-8-10-28/h2-6,13-17,26H,7-12H2,1H3,(H,25,30)/b23-14-. The highest BCUT2D eigenvalue weighted by Gasteiger charge is 2.11. The molecule has 2 N–H and O–H groups in total. The average Bonchev–Trinajstić information content (AvgIpc) is 3.27. The molecule has 1 aliphatic rings. The number of hydrogen-bond donors (Lipinski definition) is 2. The summed E-state index contributed by atoms with van der Waals surface area (Å²) in [5.74, 6) is 0.667. The Hall–Kier alpha value is -2.72. The number of rotatable bonds is 9. The Balaban J connectivity index is 1.54. The Morgan fingerprint density at radius 3 is 2.91 bits per heavy atom. The fourth-order valence-electron chi connectivity index (χ4n) is 3.75. The number of likely N-dealkylation sites (N-methyl/N-ethyl adjacent to an activating group) is 1. The predicted octanol–water partition coefficient (Wildman–Crippen LogP) is 3.09. The summed E-state index contributed by atoms with van der Waals surface area (Å²) in [7, 11) is 1.61. The van der Waals surface area contributed by atoms with Crippen molar-refractivity contribution in [1.82, 2.24) is 25.1 Å². The molecule has 1 aliphatic heterocycles. The van der Waals surface area contributed by atoms with Gasteiger partial charge < -0.3 is 15.4 Å². The predicted molar refractivity (Wildman–Crippen MR) is 139 cm³/mol. The van der Waals surface area contributed by atoms with Crippen LogP contribution in [0.3, 0.4) is 0 Å². The number of aromatic nitrogens is 2. The van der Waals surface area contributed by atoms with Crippen molar-refractivity contribution in [1.29, 1.82) is 0 Å². The molecular formula is C24H27N5O2S2. The molecule has 1 fully saturated rings. The van der Waals surface area contributed by atoms with Gasteiger partial charge in [-0.2, -0.15) is 0 Å². The molecule has 0 saturated carbocycles. The van der Waals surface area contributed by atoms with E-state index in [1.807, 2.05) is 59.4 Å². The minimum absolute atomic E-state index is 0.166. The van der Waals surface area contributed by atoms with E-state index in [4.69, 9.17) is 17.0 Å². The van der Waals surface area contributed by atoms with E-state index in [9.17, 15) is 4.79 Å². The summed E-state index contributed by atoms with van der Waals surface area (Å²) in [6.45, 7) is 5.77. The molecule has 172 valence electrons. The van der Waals surface area contributed by atoms with Gasteiger partial charge in [0.2, 0.25) is 0 Å². The number of nitrogens with zero attached hydrogens (tertiary/aromatic N) is 3. The van der Waals surface area contributed by atoms with E-state index >= 15 is 0 Å². The Morgan fingerprint density at radius 1 is 1.27 bits per heavy atom. The van der Waals surface area contributed by atoms with Crippen LogP contribution in [0.1, 0.15) is 5.56 Å². The molecule has 0 radical (unpaired) electrons. The van der Waals surface area contributed by atoms with E-state index in [1.54, 1.807) is 7.05 Å². The van der Waals surface area contributed by atoms with Crippen LogP contribution in [-0.4, -0.2) is 71.4 Å². The zero-order chi connectivity index (χ0) is 23.0. The van der Waals surface area contributed by atoms with Gasteiger partial charge in [0.05, 0.1) is 21.6 Å². The van der Waals surface area contributed by atoms with Crippen LogP contribution >= 0.6 is 24.0 Å². The third-order valence-electron chi connectivity index (χ3n) is 5.48. The summed E-state index contributed by atoms with van der Waals surface area (Å²) in [6.07, 6.45) is 3.64.